The number of anilines is 2. The summed E-state index contributed by atoms with van der Waals surface area (Å²) in [5.41, 5.74) is 15.6. The third-order valence-electron chi connectivity index (χ3n) is 14.5. The summed E-state index contributed by atoms with van der Waals surface area (Å²) in [6, 6.07) is 14.4. The van der Waals surface area contributed by atoms with Gasteiger partial charge in [0, 0.05) is 106 Å². The Morgan fingerprint density at radius 3 is 2.21 bits per heavy atom. The number of esters is 1. The van der Waals surface area contributed by atoms with Crippen molar-refractivity contribution in [3.8, 4) is 0 Å². The van der Waals surface area contributed by atoms with E-state index in [1.54, 1.807) is 54.7 Å². The molecular formula is C60H78N10O10. The van der Waals surface area contributed by atoms with Crippen LogP contribution in [0.1, 0.15) is 138 Å². The number of pyridine rings is 1. The summed E-state index contributed by atoms with van der Waals surface area (Å²) >= 11 is 0. The molecule has 3 aliphatic rings. The van der Waals surface area contributed by atoms with Gasteiger partial charge in [-0.15, -0.1) is 0 Å². The number of aliphatic imine (C=N–C) groups is 1. The number of hydrogen-bond acceptors (Lipinski definition) is 14. The first-order valence-corrected chi connectivity index (χ1v) is 28.1. The minimum atomic E-state index is -0.890. The molecule has 0 unspecified atom stereocenters. The highest BCUT2D eigenvalue weighted by molar-refractivity contribution is 6.13. The van der Waals surface area contributed by atoms with Crippen LogP contribution in [-0.2, 0) is 51.3 Å². The number of fused-ring (bicyclic) bond motifs is 1. The predicted molar refractivity (Wildman–Crippen MR) is 305 cm³/mol. The highest BCUT2D eigenvalue weighted by Crippen LogP contribution is 2.30. The number of nitrogens with two attached hydrogens (primary N) is 2. The zero-order chi connectivity index (χ0) is 57.7. The quantitative estimate of drug-likeness (QED) is 0.0259. The molecule has 80 heavy (non-hydrogen) atoms. The normalized spacial score (nSPS) is 15.1. The van der Waals surface area contributed by atoms with Crippen molar-refractivity contribution < 1.29 is 47.9 Å². The molecule has 7 amide bonds. The van der Waals surface area contributed by atoms with E-state index < -0.39 is 23.9 Å². The number of nitrogens with one attached hydrogen (secondary N) is 3. The number of amides is 7. The molecule has 0 bridgehead atoms. The molecule has 1 fully saturated rings. The van der Waals surface area contributed by atoms with Crippen molar-refractivity contribution >= 4 is 82.2 Å². The maximum absolute atomic E-state index is 13.8. The van der Waals surface area contributed by atoms with Crippen LogP contribution in [0.2, 0.25) is 0 Å². The largest absolute Gasteiger partial charge is 0.461 e. The van der Waals surface area contributed by atoms with E-state index in [2.05, 4.69) is 30.8 Å². The van der Waals surface area contributed by atoms with E-state index in [1.807, 2.05) is 44.7 Å². The van der Waals surface area contributed by atoms with Crippen LogP contribution < -0.4 is 32.3 Å². The average Bonchev–Trinajstić information content (AvgIpc) is 3.67. The highest BCUT2D eigenvalue weighted by Gasteiger charge is 2.30. The number of hydrogen-bond donors (Lipinski definition) is 5. The van der Waals surface area contributed by atoms with Gasteiger partial charge in [-0.3, -0.25) is 43.3 Å². The van der Waals surface area contributed by atoms with Gasteiger partial charge in [0.2, 0.25) is 11.8 Å². The molecule has 20 nitrogen and oxygen atoms in total. The van der Waals surface area contributed by atoms with Crippen LogP contribution >= 0.6 is 0 Å². The van der Waals surface area contributed by atoms with Gasteiger partial charge in [0.1, 0.15) is 24.0 Å². The monoisotopic (exact) mass is 1100 g/mol. The third-order valence-corrected chi connectivity index (χ3v) is 14.5. The number of aromatic nitrogens is 1. The molecule has 0 aliphatic carbocycles. The van der Waals surface area contributed by atoms with E-state index in [4.69, 9.17) is 16.2 Å². The van der Waals surface area contributed by atoms with Crippen LogP contribution in [-0.4, -0.2) is 119 Å². The van der Waals surface area contributed by atoms with Crippen molar-refractivity contribution in [3.05, 3.63) is 101 Å². The molecule has 6 rings (SSSR count). The Kier molecular flexibility index (Phi) is 23.2. The lowest BCUT2D eigenvalue weighted by Crippen LogP contribution is -2.46. The lowest BCUT2D eigenvalue weighted by molar-refractivity contribution is -0.146. The fourth-order valence-electron chi connectivity index (χ4n) is 9.99. The number of benzene rings is 2. The first-order chi connectivity index (χ1) is 38.4. The number of rotatable bonds is 30. The van der Waals surface area contributed by atoms with Gasteiger partial charge in [-0.05, 0) is 105 Å². The summed E-state index contributed by atoms with van der Waals surface area (Å²) in [7, 11) is 0. The molecule has 4 heterocycles. The van der Waals surface area contributed by atoms with Gasteiger partial charge in [0.05, 0.1) is 23.6 Å². The lowest BCUT2D eigenvalue weighted by Gasteiger charge is -2.32. The Morgan fingerprint density at radius 2 is 1.56 bits per heavy atom. The van der Waals surface area contributed by atoms with Gasteiger partial charge in [-0.25, -0.2) is 14.8 Å². The fraction of sp³-hybridized carbons (Fsp3) is 0.483. The van der Waals surface area contributed by atoms with E-state index in [0.717, 1.165) is 37.1 Å². The molecule has 2 aromatic carbocycles. The molecule has 3 aliphatic heterocycles. The first kappa shape index (κ1) is 61.2. The summed E-state index contributed by atoms with van der Waals surface area (Å²) in [6.07, 6.45) is 12.2. The number of Topliss-reactive ketones (excluding diaryl/α,β-unsaturated/α-hetero) is 2. The van der Waals surface area contributed by atoms with Gasteiger partial charge in [-0.1, -0.05) is 64.4 Å². The smallest absolute Gasteiger partial charge is 0.312 e. The maximum atomic E-state index is 13.8. The van der Waals surface area contributed by atoms with Crippen LogP contribution in [0.3, 0.4) is 0 Å². The minimum absolute atomic E-state index is 0.00180. The molecular weight excluding hydrogens is 1020 g/mol. The van der Waals surface area contributed by atoms with E-state index in [1.165, 1.54) is 17.1 Å². The van der Waals surface area contributed by atoms with Gasteiger partial charge < -0.3 is 42.0 Å². The number of ketones is 2. The highest BCUT2D eigenvalue weighted by atomic mass is 16.5. The fourth-order valence-corrected chi connectivity index (χ4v) is 9.99. The average molecular weight is 1100 g/mol. The van der Waals surface area contributed by atoms with Crippen molar-refractivity contribution in [2.75, 3.05) is 49.5 Å². The van der Waals surface area contributed by atoms with E-state index >= 15 is 0 Å². The number of ether oxygens (including phenoxy) is 1. The number of carbonyl (C=O) groups is 9. The number of unbranched alkanes of at least 4 members (excludes halogenated alkanes) is 2. The maximum Gasteiger partial charge on any atom is 0.312 e. The molecule has 1 saturated heterocycles. The Labute approximate surface area is 468 Å². The molecule has 0 spiro atoms. The zero-order valence-electron chi connectivity index (χ0n) is 46.6. The van der Waals surface area contributed by atoms with E-state index in [0.29, 0.717) is 91.3 Å². The summed E-state index contributed by atoms with van der Waals surface area (Å²) in [5.74, 6) is -1.82. The first-order valence-electron chi connectivity index (χ1n) is 28.1. The van der Waals surface area contributed by atoms with Crippen molar-refractivity contribution in [2.45, 2.75) is 130 Å². The molecule has 7 N–H and O–H groups in total. The van der Waals surface area contributed by atoms with Crippen LogP contribution in [0.15, 0.2) is 83.5 Å². The molecule has 3 aromatic rings. The van der Waals surface area contributed by atoms with Crippen molar-refractivity contribution in [3.63, 3.8) is 0 Å². The van der Waals surface area contributed by atoms with Crippen molar-refractivity contribution in [1.82, 2.24) is 25.4 Å². The number of urea groups is 1. The molecule has 0 saturated carbocycles. The van der Waals surface area contributed by atoms with Gasteiger partial charge in [-0.2, -0.15) is 0 Å². The second-order valence-electron chi connectivity index (χ2n) is 21.2. The number of imide groups is 1. The summed E-state index contributed by atoms with van der Waals surface area (Å²) in [4.78, 5) is 129. The van der Waals surface area contributed by atoms with Crippen LogP contribution in [0.25, 0.3) is 6.08 Å². The molecule has 428 valence electrons. The second-order valence-corrected chi connectivity index (χ2v) is 21.2. The van der Waals surface area contributed by atoms with Crippen LogP contribution in [0.5, 0.6) is 0 Å². The third kappa shape index (κ3) is 18.5. The number of piperidine rings is 1. The standard InChI is InChI=1S/C60H78N10O10/c1-5-26-69(27-6-2)59(78)45-33-43-17-18-44(34-50(43)66-52(61)35-45)57(76)65-46-19-20-53(64-37-46)68-29-23-41(24-30-68)32-56(75)80-38-42-15-13-40(14-16-42)31-51(72)49(12-10-25-63-60(62)79)67-58(77)48(39(3)4)36-47(71)11-8-7-9-28-70-54(73)21-22-55(70)74/h13-22,33-34,37,39,41,48-49H,5-12,23-32,35-36,38H2,1-4H3,(H2,61,66)(H,65,76)(H,67,77)(H3,62,63,79)/t48-,49-/m0/s1. The van der Waals surface area contributed by atoms with E-state index in [9.17, 15) is 43.2 Å². The minimum Gasteiger partial charge on any atom is -0.461 e. The zero-order valence-corrected chi connectivity index (χ0v) is 46.6. The summed E-state index contributed by atoms with van der Waals surface area (Å²) in [5, 5.41) is 8.32. The van der Waals surface area contributed by atoms with Crippen molar-refractivity contribution in [2.24, 2.45) is 34.2 Å². The van der Waals surface area contributed by atoms with Gasteiger partial charge in [0.15, 0.2) is 5.78 Å². The Morgan fingerprint density at radius 1 is 0.863 bits per heavy atom. The lowest BCUT2D eigenvalue weighted by atomic mass is 9.88. The molecule has 1 aromatic heterocycles. The number of carbonyl (C=O) groups excluding carboxylic acids is 9. The van der Waals surface area contributed by atoms with Crippen LogP contribution in [0, 0.1) is 17.8 Å². The molecule has 20 heteroatoms. The number of primary amides is 1. The SMILES string of the molecule is CCCN(CCC)C(=O)C1=Cc2ccc(C(=O)Nc3ccc(N4CCC(CC(=O)OCc5ccc(CC(=O)[C@H](CCCNC(N)=O)NC(=O)[C@@H](CC(=O)CCCCCN6C(=O)C=CC6=O)C(C)C)cc5)CC4)nc3)cc2N=C(N)C1. The second kappa shape index (κ2) is 30.4. The Hall–Kier alpha value is -8.03. The van der Waals surface area contributed by atoms with Gasteiger partial charge in [0.25, 0.3) is 17.7 Å². The number of nitrogens with zero attached hydrogens (tertiary/aromatic N) is 5. The van der Waals surface area contributed by atoms with Crippen LogP contribution in [0.4, 0.5) is 22.0 Å². The summed E-state index contributed by atoms with van der Waals surface area (Å²) < 4.78 is 5.66. The topological polar surface area (TPSA) is 286 Å². The predicted octanol–water partition coefficient (Wildman–Crippen LogP) is 6.87. The Bertz CT molecular complexity index is 2780. The van der Waals surface area contributed by atoms with Gasteiger partial charge >= 0.3 is 12.0 Å². The van der Waals surface area contributed by atoms with E-state index in [-0.39, 0.29) is 111 Å². The molecule has 0 radical (unpaired) electrons. The summed E-state index contributed by atoms with van der Waals surface area (Å²) in [6.45, 7) is 11.0. The Balaban J connectivity index is 0.920. The van der Waals surface area contributed by atoms with Crippen molar-refractivity contribution in [1.29, 1.82) is 0 Å². The number of amidine groups is 1. The molecule has 2 atom stereocenters.